The summed E-state index contributed by atoms with van der Waals surface area (Å²) in [5, 5.41) is 3.21. The Morgan fingerprint density at radius 1 is 1.60 bits per heavy atom. The number of thiazole rings is 1. The maximum Gasteiger partial charge on any atom is 0.0897 e. The molecule has 0 spiro atoms. The first-order valence-corrected chi connectivity index (χ1v) is 6.17. The summed E-state index contributed by atoms with van der Waals surface area (Å²) in [6.07, 6.45) is 1.88. The van der Waals surface area contributed by atoms with Gasteiger partial charge >= 0.3 is 0 Å². The molecule has 0 radical (unpaired) electrons. The maximum absolute atomic E-state index is 6.11. The quantitative estimate of drug-likeness (QED) is 0.810. The van der Waals surface area contributed by atoms with Gasteiger partial charge < -0.3 is 10.5 Å². The van der Waals surface area contributed by atoms with E-state index in [0.717, 1.165) is 30.2 Å². The molecule has 1 aromatic heterocycles. The van der Waals surface area contributed by atoms with Gasteiger partial charge in [0.05, 0.1) is 10.7 Å². The van der Waals surface area contributed by atoms with E-state index in [2.05, 4.69) is 17.3 Å². The van der Waals surface area contributed by atoms with E-state index in [1.807, 2.05) is 6.92 Å². The van der Waals surface area contributed by atoms with Crippen molar-refractivity contribution < 1.29 is 4.74 Å². The molecule has 2 N–H and O–H groups in total. The Morgan fingerprint density at radius 3 is 2.87 bits per heavy atom. The van der Waals surface area contributed by atoms with E-state index in [-0.39, 0.29) is 6.04 Å². The topological polar surface area (TPSA) is 48.1 Å². The highest BCUT2D eigenvalue weighted by atomic mass is 32.1. The molecular formula is C11H20N2OS. The lowest BCUT2D eigenvalue weighted by Crippen LogP contribution is -2.31. The third-order valence-corrected chi connectivity index (χ3v) is 3.44. The molecule has 0 saturated heterocycles. The lowest BCUT2D eigenvalue weighted by atomic mass is 9.96. The molecule has 1 aromatic rings. The Bertz CT molecular complexity index is 288. The third kappa shape index (κ3) is 4.28. The smallest absolute Gasteiger partial charge is 0.0897 e. The van der Waals surface area contributed by atoms with Crippen LogP contribution in [-0.2, 0) is 11.2 Å². The molecular weight excluding hydrogens is 208 g/mol. The van der Waals surface area contributed by atoms with Gasteiger partial charge in [0.1, 0.15) is 0 Å². The molecule has 0 fully saturated rings. The highest BCUT2D eigenvalue weighted by molar-refractivity contribution is 7.09. The van der Waals surface area contributed by atoms with Gasteiger partial charge in [-0.1, -0.05) is 6.92 Å². The average Bonchev–Trinajstić information content (AvgIpc) is 2.60. The monoisotopic (exact) mass is 228 g/mol. The fourth-order valence-electron chi connectivity index (χ4n) is 1.46. The van der Waals surface area contributed by atoms with Crippen LogP contribution in [0.3, 0.4) is 0 Å². The number of hydrogen-bond acceptors (Lipinski definition) is 4. The largest absolute Gasteiger partial charge is 0.385 e. The summed E-state index contributed by atoms with van der Waals surface area (Å²) in [5.74, 6) is 0.479. The zero-order valence-electron chi connectivity index (χ0n) is 9.69. The van der Waals surface area contributed by atoms with Gasteiger partial charge in [-0.25, -0.2) is 4.98 Å². The van der Waals surface area contributed by atoms with Crippen LogP contribution in [0.5, 0.6) is 0 Å². The van der Waals surface area contributed by atoms with Crippen molar-refractivity contribution in [3.8, 4) is 0 Å². The first-order chi connectivity index (χ1) is 7.13. The molecule has 0 aliphatic heterocycles. The zero-order chi connectivity index (χ0) is 11.3. The van der Waals surface area contributed by atoms with Crippen LogP contribution in [0.4, 0.5) is 0 Å². The fourth-order valence-corrected chi connectivity index (χ4v) is 2.09. The lowest BCUT2D eigenvalue weighted by Gasteiger charge is -2.18. The van der Waals surface area contributed by atoms with E-state index in [1.54, 1.807) is 18.4 Å². The van der Waals surface area contributed by atoms with Crippen LogP contribution >= 0.6 is 11.3 Å². The SMILES string of the molecule is COCCC(C)C(N)Cc1csc(C)n1. The highest BCUT2D eigenvalue weighted by Crippen LogP contribution is 2.14. The minimum absolute atomic E-state index is 0.182. The minimum atomic E-state index is 0.182. The second-order valence-corrected chi connectivity index (χ2v) is 5.05. The van der Waals surface area contributed by atoms with Crippen molar-refractivity contribution in [2.45, 2.75) is 32.7 Å². The van der Waals surface area contributed by atoms with E-state index in [0.29, 0.717) is 5.92 Å². The molecule has 0 aliphatic carbocycles. The predicted molar refractivity (Wildman–Crippen MR) is 64.2 cm³/mol. The van der Waals surface area contributed by atoms with Crippen LogP contribution in [0.1, 0.15) is 24.0 Å². The van der Waals surface area contributed by atoms with Gasteiger partial charge in [0.25, 0.3) is 0 Å². The molecule has 0 bridgehead atoms. The minimum Gasteiger partial charge on any atom is -0.385 e. The molecule has 0 saturated carbocycles. The van der Waals surface area contributed by atoms with Gasteiger partial charge in [0.15, 0.2) is 0 Å². The Hall–Kier alpha value is -0.450. The summed E-state index contributed by atoms with van der Waals surface area (Å²) >= 11 is 1.68. The Kier molecular flexibility index (Phi) is 5.22. The number of hydrogen-bond donors (Lipinski definition) is 1. The number of methoxy groups -OCH3 is 1. The van der Waals surface area contributed by atoms with E-state index in [4.69, 9.17) is 10.5 Å². The first kappa shape index (κ1) is 12.6. The lowest BCUT2D eigenvalue weighted by molar-refractivity contribution is 0.174. The Labute approximate surface area is 95.7 Å². The van der Waals surface area contributed by atoms with Crippen molar-refractivity contribution in [1.82, 2.24) is 4.98 Å². The van der Waals surface area contributed by atoms with Gasteiger partial charge in [0, 0.05) is 31.6 Å². The number of ether oxygens (including phenoxy) is 1. The molecule has 86 valence electrons. The van der Waals surface area contributed by atoms with Crippen molar-refractivity contribution in [3.05, 3.63) is 16.1 Å². The predicted octanol–water partition coefficient (Wildman–Crippen LogP) is 1.99. The van der Waals surface area contributed by atoms with Crippen LogP contribution in [0.25, 0.3) is 0 Å². The average molecular weight is 228 g/mol. The number of rotatable bonds is 6. The summed E-state index contributed by atoms with van der Waals surface area (Å²) in [6, 6.07) is 0.182. The molecule has 2 unspecified atom stereocenters. The van der Waals surface area contributed by atoms with Crippen LogP contribution in [-0.4, -0.2) is 24.7 Å². The maximum atomic E-state index is 6.11. The van der Waals surface area contributed by atoms with E-state index in [9.17, 15) is 0 Å². The summed E-state index contributed by atoms with van der Waals surface area (Å²) in [5.41, 5.74) is 7.23. The first-order valence-electron chi connectivity index (χ1n) is 5.29. The molecule has 1 rings (SSSR count). The molecule has 3 nitrogen and oxygen atoms in total. The molecule has 1 heterocycles. The highest BCUT2D eigenvalue weighted by Gasteiger charge is 2.14. The second-order valence-electron chi connectivity index (χ2n) is 3.98. The normalized spacial score (nSPS) is 15.2. The summed E-state index contributed by atoms with van der Waals surface area (Å²) < 4.78 is 5.05. The fraction of sp³-hybridized carbons (Fsp3) is 0.727. The van der Waals surface area contributed by atoms with E-state index >= 15 is 0 Å². The van der Waals surface area contributed by atoms with Crippen LogP contribution in [0, 0.1) is 12.8 Å². The van der Waals surface area contributed by atoms with Crippen LogP contribution in [0.15, 0.2) is 5.38 Å². The van der Waals surface area contributed by atoms with Crippen molar-refractivity contribution in [2.24, 2.45) is 11.7 Å². The molecule has 0 aromatic carbocycles. The number of aryl methyl sites for hydroxylation is 1. The van der Waals surface area contributed by atoms with Crippen molar-refractivity contribution >= 4 is 11.3 Å². The van der Waals surface area contributed by atoms with Crippen molar-refractivity contribution in [2.75, 3.05) is 13.7 Å². The molecule has 4 heteroatoms. The Balaban J connectivity index is 2.37. The van der Waals surface area contributed by atoms with E-state index < -0.39 is 0 Å². The molecule has 0 aliphatic rings. The van der Waals surface area contributed by atoms with Gasteiger partial charge in [0.2, 0.25) is 0 Å². The van der Waals surface area contributed by atoms with Gasteiger partial charge in [-0.05, 0) is 19.3 Å². The van der Waals surface area contributed by atoms with Crippen molar-refractivity contribution in [3.63, 3.8) is 0 Å². The van der Waals surface area contributed by atoms with Gasteiger partial charge in [-0.2, -0.15) is 0 Å². The summed E-state index contributed by atoms with van der Waals surface area (Å²) in [6.45, 7) is 4.97. The standard InChI is InChI=1S/C11H20N2OS/c1-8(4-5-14-3)11(12)6-10-7-15-9(2)13-10/h7-8,11H,4-6,12H2,1-3H3. The van der Waals surface area contributed by atoms with E-state index in [1.165, 1.54) is 0 Å². The van der Waals surface area contributed by atoms with Gasteiger partial charge in [-0.15, -0.1) is 11.3 Å². The zero-order valence-corrected chi connectivity index (χ0v) is 10.5. The molecule has 0 amide bonds. The molecule has 2 atom stereocenters. The van der Waals surface area contributed by atoms with Crippen LogP contribution < -0.4 is 5.73 Å². The second kappa shape index (κ2) is 6.20. The summed E-state index contributed by atoms with van der Waals surface area (Å²) in [7, 11) is 1.72. The van der Waals surface area contributed by atoms with Crippen LogP contribution in [0.2, 0.25) is 0 Å². The number of nitrogens with zero attached hydrogens (tertiary/aromatic N) is 1. The third-order valence-electron chi connectivity index (χ3n) is 2.62. The van der Waals surface area contributed by atoms with Gasteiger partial charge in [-0.3, -0.25) is 0 Å². The van der Waals surface area contributed by atoms with Crippen molar-refractivity contribution in [1.29, 1.82) is 0 Å². The number of aromatic nitrogens is 1. The summed E-state index contributed by atoms with van der Waals surface area (Å²) in [4.78, 5) is 4.42. The molecule has 15 heavy (non-hydrogen) atoms. The Morgan fingerprint density at radius 2 is 2.33 bits per heavy atom. The number of nitrogens with two attached hydrogens (primary N) is 1.